The van der Waals surface area contributed by atoms with Gasteiger partial charge < -0.3 is 10.2 Å². The van der Waals surface area contributed by atoms with Crippen LogP contribution in [0.15, 0.2) is 23.1 Å². The van der Waals surface area contributed by atoms with Gasteiger partial charge in [-0.05, 0) is 37.7 Å². The summed E-state index contributed by atoms with van der Waals surface area (Å²) in [6.45, 7) is 1.40. The number of carbonyl (C=O) groups excluding carboxylic acids is 1. The molecular weight excluding hydrogens is 302 g/mol. The van der Waals surface area contributed by atoms with E-state index in [0.717, 1.165) is 12.8 Å². The number of nitro groups is 1. The second kappa shape index (κ2) is 6.26. The minimum atomic E-state index is -0.422. The first-order chi connectivity index (χ1) is 10.6. The van der Waals surface area contributed by atoms with Crippen LogP contribution in [-0.4, -0.2) is 47.2 Å². The van der Waals surface area contributed by atoms with Crippen molar-refractivity contribution < 1.29 is 9.72 Å². The van der Waals surface area contributed by atoms with Crippen molar-refractivity contribution in [2.24, 2.45) is 0 Å². The molecule has 6 nitrogen and oxygen atoms in total. The van der Waals surface area contributed by atoms with Crippen molar-refractivity contribution >= 4 is 23.4 Å². The standard InChI is InChI=1S/C15H19N3O3S/c1-22-14-5-2-10(8-13(14)18(20)21)15(19)17-7-6-11-3-4-12(9-17)16-11/h2,5,8,11-12,16H,3-4,6-7,9H2,1H3. The summed E-state index contributed by atoms with van der Waals surface area (Å²) in [5, 5.41) is 14.7. The molecule has 7 heteroatoms. The lowest BCUT2D eigenvalue weighted by molar-refractivity contribution is -0.387. The topological polar surface area (TPSA) is 75.5 Å². The zero-order valence-corrected chi connectivity index (χ0v) is 13.3. The molecule has 0 aromatic heterocycles. The molecule has 118 valence electrons. The number of nitrogens with zero attached hydrogens (tertiary/aromatic N) is 2. The first kappa shape index (κ1) is 15.3. The summed E-state index contributed by atoms with van der Waals surface area (Å²) in [6.07, 6.45) is 5.02. The quantitative estimate of drug-likeness (QED) is 0.525. The molecule has 1 aromatic carbocycles. The number of rotatable bonds is 3. The van der Waals surface area contributed by atoms with Gasteiger partial charge in [0.2, 0.25) is 0 Å². The fourth-order valence-corrected chi connectivity index (χ4v) is 3.82. The number of benzene rings is 1. The Morgan fingerprint density at radius 3 is 2.86 bits per heavy atom. The Bertz CT molecular complexity index is 608. The first-order valence-corrected chi connectivity index (χ1v) is 8.68. The second-order valence-corrected chi connectivity index (χ2v) is 6.67. The van der Waals surface area contributed by atoms with Crippen molar-refractivity contribution in [1.29, 1.82) is 0 Å². The molecule has 0 spiro atoms. The van der Waals surface area contributed by atoms with Crippen LogP contribution in [0.4, 0.5) is 5.69 Å². The molecule has 2 heterocycles. The van der Waals surface area contributed by atoms with Crippen molar-refractivity contribution in [3.8, 4) is 0 Å². The molecule has 0 radical (unpaired) electrons. The molecule has 0 saturated carbocycles. The number of nitro benzene ring substituents is 1. The molecule has 3 rings (SSSR count). The lowest BCUT2D eigenvalue weighted by Gasteiger charge is -2.24. The summed E-state index contributed by atoms with van der Waals surface area (Å²) >= 11 is 1.32. The van der Waals surface area contributed by atoms with Gasteiger partial charge in [-0.25, -0.2) is 0 Å². The highest BCUT2D eigenvalue weighted by Gasteiger charge is 2.31. The number of amides is 1. The summed E-state index contributed by atoms with van der Waals surface area (Å²) in [4.78, 5) is 25.8. The molecule has 2 atom stereocenters. The third-order valence-corrected chi connectivity index (χ3v) is 5.22. The lowest BCUT2D eigenvalue weighted by atomic mass is 10.1. The lowest BCUT2D eigenvalue weighted by Crippen LogP contribution is -2.39. The van der Waals surface area contributed by atoms with E-state index >= 15 is 0 Å². The van der Waals surface area contributed by atoms with Crippen LogP contribution < -0.4 is 5.32 Å². The van der Waals surface area contributed by atoms with Gasteiger partial charge in [0.25, 0.3) is 11.6 Å². The SMILES string of the molecule is CSc1ccc(C(=O)N2CCC3CCC(C2)N3)cc1[N+](=O)[O-]. The molecule has 22 heavy (non-hydrogen) atoms. The largest absolute Gasteiger partial charge is 0.337 e. The number of carbonyl (C=O) groups is 1. The first-order valence-electron chi connectivity index (χ1n) is 7.46. The molecule has 2 unspecified atom stereocenters. The van der Waals surface area contributed by atoms with E-state index in [1.54, 1.807) is 18.4 Å². The van der Waals surface area contributed by atoms with E-state index in [1.807, 2.05) is 4.90 Å². The predicted molar refractivity (Wildman–Crippen MR) is 85.3 cm³/mol. The van der Waals surface area contributed by atoms with Crippen molar-refractivity contribution in [2.45, 2.75) is 36.2 Å². The van der Waals surface area contributed by atoms with E-state index in [0.29, 0.717) is 35.6 Å². The summed E-state index contributed by atoms with van der Waals surface area (Å²) in [5.41, 5.74) is 0.412. The molecular formula is C15H19N3O3S. The summed E-state index contributed by atoms with van der Waals surface area (Å²) in [6, 6.07) is 5.63. The van der Waals surface area contributed by atoms with Crippen LogP contribution in [0.1, 0.15) is 29.6 Å². The van der Waals surface area contributed by atoms with Crippen LogP contribution in [-0.2, 0) is 0 Å². The minimum absolute atomic E-state index is 0.00724. The minimum Gasteiger partial charge on any atom is -0.337 e. The van der Waals surface area contributed by atoms with E-state index in [9.17, 15) is 14.9 Å². The summed E-state index contributed by atoms with van der Waals surface area (Å²) in [7, 11) is 0. The van der Waals surface area contributed by atoms with E-state index in [-0.39, 0.29) is 11.6 Å². The van der Waals surface area contributed by atoms with Crippen molar-refractivity contribution in [1.82, 2.24) is 10.2 Å². The molecule has 0 aliphatic carbocycles. The van der Waals surface area contributed by atoms with Gasteiger partial charge in [-0.2, -0.15) is 0 Å². The van der Waals surface area contributed by atoms with E-state index in [2.05, 4.69) is 5.32 Å². The molecule has 1 N–H and O–H groups in total. The summed E-state index contributed by atoms with van der Waals surface area (Å²) in [5.74, 6) is -0.106. The maximum Gasteiger partial charge on any atom is 0.283 e. The molecule has 2 fully saturated rings. The molecule has 2 bridgehead atoms. The highest BCUT2D eigenvalue weighted by molar-refractivity contribution is 7.98. The number of fused-ring (bicyclic) bond motifs is 2. The molecule has 2 saturated heterocycles. The van der Waals surface area contributed by atoms with Crippen LogP contribution in [0.2, 0.25) is 0 Å². The van der Waals surface area contributed by atoms with Gasteiger partial charge in [-0.1, -0.05) is 0 Å². The zero-order chi connectivity index (χ0) is 15.7. The molecule has 2 aliphatic rings. The van der Waals surface area contributed by atoms with Crippen molar-refractivity contribution in [3.63, 3.8) is 0 Å². The third-order valence-electron chi connectivity index (χ3n) is 4.43. The smallest absolute Gasteiger partial charge is 0.283 e. The molecule has 1 amide bonds. The van der Waals surface area contributed by atoms with Crippen LogP contribution in [0.3, 0.4) is 0 Å². The zero-order valence-electron chi connectivity index (χ0n) is 12.4. The van der Waals surface area contributed by atoms with Gasteiger partial charge in [0.15, 0.2) is 0 Å². The normalized spacial score (nSPS) is 24.1. The van der Waals surface area contributed by atoms with Crippen molar-refractivity contribution in [2.75, 3.05) is 19.3 Å². The summed E-state index contributed by atoms with van der Waals surface area (Å²) < 4.78 is 0. The number of hydrogen-bond donors (Lipinski definition) is 1. The molecule has 2 aliphatic heterocycles. The monoisotopic (exact) mass is 321 g/mol. The number of nitrogens with one attached hydrogen (secondary N) is 1. The maximum absolute atomic E-state index is 12.7. The van der Waals surface area contributed by atoms with Gasteiger partial charge in [-0.3, -0.25) is 14.9 Å². The van der Waals surface area contributed by atoms with Crippen LogP contribution in [0, 0.1) is 10.1 Å². The van der Waals surface area contributed by atoms with Crippen molar-refractivity contribution in [3.05, 3.63) is 33.9 Å². The Balaban J connectivity index is 1.82. The number of likely N-dealkylation sites (tertiary alicyclic amines) is 1. The Hall–Kier alpha value is -1.60. The second-order valence-electron chi connectivity index (χ2n) is 5.82. The Labute approximate surface area is 133 Å². The highest BCUT2D eigenvalue weighted by Crippen LogP contribution is 2.29. The number of hydrogen-bond acceptors (Lipinski definition) is 5. The van der Waals surface area contributed by atoms with Crippen LogP contribution in [0.5, 0.6) is 0 Å². The Kier molecular flexibility index (Phi) is 4.35. The van der Waals surface area contributed by atoms with Gasteiger partial charge in [0.1, 0.15) is 0 Å². The predicted octanol–water partition coefficient (Wildman–Crippen LogP) is 2.28. The van der Waals surface area contributed by atoms with Gasteiger partial charge in [0.05, 0.1) is 9.82 Å². The van der Waals surface area contributed by atoms with Gasteiger partial charge >= 0.3 is 0 Å². The number of thioether (sulfide) groups is 1. The third kappa shape index (κ3) is 2.96. The molecule has 1 aromatic rings. The fourth-order valence-electron chi connectivity index (χ4n) is 3.28. The van der Waals surface area contributed by atoms with Crippen LogP contribution in [0.25, 0.3) is 0 Å². The average molecular weight is 321 g/mol. The van der Waals surface area contributed by atoms with Crippen LogP contribution >= 0.6 is 11.8 Å². The maximum atomic E-state index is 12.7. The van der Waals surface area contributed by atoms with E-state index in [1.165, 1.54) is 24.2 Å². The Morgan fingerprint density at radius 1 is 1.36 bits per heavy atom. The fraction of sp³-hybridized carbons (Fsp3) is 0.533. The van der Waals surface area contributed by atoms with Gasteiger partial charge in [0, 0.05) is 36.8 Å². The highest BCUT2D eigenvalue weighted by atomic mass is 32.2. The average Bonchev–Trinajstić information content (AvgIpc) is 2.85. The van der Waals surface area contributed by atoms with Gasteiger partial charge in [-0.15, -0.1) is 11.8 Å². The van der Waals surface area contributed by atoms with E-state index < -0.39 is 4.92 Å². The Morgan fingerprint density at radius 2 is 2.14 bits per heavy atom. The van der Waals surface area contributed by atoms with E-state index in [4.69, 9.17) is 0 Å².